The first kappa shape index (κ1) is 24.2. The van der Waals surface area contributed by atoms with Gasteiger partial charge in [0.25, 0.3) is 0 Å². The summed E-state index contributed by atoms with van der Waals surface area (Å²) in [6.45, 7) is 6.52. The van der Waals surface area contributed by atoms with Crippen molar-refractivity contribution in [3.8, 4) is 0 Å². The molecule has 0 aromatic heterocycles. The highest BCUT2D eigenvalue weighted by Gasteiger charge is 2.20. The molecule has 1 aliphatic heterocycles. The second-order valence-corrected chi connectivity index (χ2v) is 7.28. The van der Waals surface area contributed by atoms with E-state index >= 15 is 0 Å². The minimum atomic E-state index is -0.772. The zero-order chi connectivity index (χ0) is 20.8. The second kappa shape index (κ2) is 14.2. The molecule has 1 atom stereocenters. The predicted octanol–water partition coefficient (Wildman–Crippen LogP) is 0.537. The van der Waals surface area contributed by atoms with Gasteiger partial charge in [0.05, 0.1) is 25.1 Å². The fourth-order valence-electron chi connectivity index (χ4n) is 2.19. The number of hydrogen-bond acceptors (Lipinski definition) is 10. The van der Waals surface area contributed by atoms with Crippen LogP contribution in [0.2, 0.25) is 0 Å². The number of hydrogen-bond donors (Lipinski definition) is 1. The molecule has 1 aliphatic rings. The van der Waals surface area contributed by atoms with Gasteiger partial charge in [-0.2, -0.15) is 0 Å². The van der Waals surface area contributed by atoms with E-state index in [1.54, 1.807) is 0 Å². The van der Waals surface area contributed by atoms with E-state index in [9.17, 15) is 19.2 Å². The summed E-state index contributed by atoms with van der Waals surface area (Å²) >= 11 is 0.619. The lowest BCUT2D eigenvalue weighted by Gasteiger charge is -2.26. The molecule has 0 aliphatic carbocycles. The second-order valence-electron chi connectivity index (χ2n) is 6.01. The number of carbonyl (C=O) groups is 4. The van der Waals surface area contributed by atoms with Gasteiger partial charge in [-0.3, -0.25) is 19.3 Å². The minimum Gasteiger partial charge on any atom is -0.464 e. The maximum Gasteiger partial charge on any atom is 0.370 e. The average Bonchev–Trinajstić information content (AvgIpc) is 2.66. The van der Waals surface area contributed by atoms with Crippen molar-refractivity contribution in [2.75, 3.05) is 52.8 Å². The molecule has 11 heteroatoms. The topological polar surface area (TPSA) is 120 Å². The van der Waals surface area contributed by atoms with Gasteiger partial charge in [0.15, 0.2) is 0 Å². The molecule has 160 valence electrons. The number of thioether (sulfide) groups is 1. The number of ether oxygens (including phenoxy) is 4. The maximum absolute atomic E-state index is 11.9. The molecule has 28 heavy (non-hydrogen) atoms. The van der Waals surface area contributed by atoms with Gasteiger partial charge < -0.3 is 24.3 Å². The van der Waals surface area contributed by atoms with Crippen LogP contribution in [0, 0.1) is 0 Å². The summed E-state index contributed by atoms with van der Waals surface area (Å²) in [5.41, 5.74) is 0. The first-order chi connectivity index (χ1) is 13.4. The maximum atomic E-state index is 11.9. The summed E-state index contributed by atoms with van der Waals surface area (Å²) in [6.07, 6.45) is 1.67. The van der Waals surface area contributed by atoms with Crippen molar-refractivity contribution in [2.24, 2.45) is 0 Å². The molecule has 1 N–H and O–H groups in total. The molecule has 0 radical (unpaired) electrons. The van der Waals surface area contributed by atoms with E-state index in [2.05, 4.69) is 19.7 Å². The highest BCUT2D eigenvalue weighted by molar-refractivity contribution is 8.14. The van der Waals surface area contributed by atoms with Gasteiger partial charge in [-0.1, -0.05) is 0 Å². The molecule has 0 saturated carbocycles. The van der Waals surface area contributed by atoms with Crippen LogP contribution in [0.3, 0.4) is 0 Å². The third-order valence-electron chi connectivity index (χ3n) is 3.72. The van der Waals surface area contributed by atoms with E-state index in [0.29, 0.717) is 18.4 Å². The van der Waals surface area contributed by atoms with Crippen LogP contribution in [0.15, 0.2) is 0 Å². The standard InChI is InChI=1S/C17H28N2O8S/c1-13(28-17(23)27-12-26-14(2)20)16(22)18-11-15(21)25-8-4-3-5-19-6-9-24-10-7-19/h13H,3-12H2,1-2H3,(H,18,22). The molecule has 1 unspecified atom stereocenters. The van der Waals surface area contributed by atoms with Gasteiger partial charge >= 0.3 is 17.2 Å². The van der Waals surface area contributed by atoms with E-state index in [1.807, 2.05) is 0 Å². The average molecular weight is 420 g/mol. The Kier molecular flexibility index (Phi) is 12.3. The van der Waals surface area contributed by atoms with Crippen molar-refractivity contribution in [1.82, 2.24) is 10.2 Å². The SMILES string of the molecule is CC(=O)OCOC(=O)SC(C)C(=O)NCC(=O)OCCCCN1CCOCC1. The number of esters is 2. The molecule has 0 bridgehead atoms. The lowest BCUT2D eigenvalue weighted by atomic mass is 10.3. The quantitative estimate of drug-likeness (QED) is 0.288. The summed E-state index contributed by atoms with van der Waals surface area (Å²) in [6, 6.07) is 0. The first-order valence-electron chi connectivity index (χ1n) is 9.08. The van der Waals surface area contributed by atoms with Crippen molar-refractivity contribution < 1.29 is 38.1 Å². The number of unbranched alkanes of at least 4 members (excludes halogenated alkanes) is 1. The van der Waals surface area contributed by atoms with Crippen LogP contribution in [0.4, 0.5) is 4.79 Å². The Morgan fingerprint density at radius 2 is 1.82 bits per heavy atom. The molecule has 10 nitrogen and oxygen atoms in total. The van der Waals surface area contributed by atoms with Gasteiger partial charge in [-0.15, -0.1) is 0 Å². The van der Waals surface area contributed by atoms with Gasteiger partial charge in [-0.25, -0.2) is 4.79 Å². The Bertz CT molecular complexity index is 525. The molecule has 0 spiro atoms. The monoisotopic (exact) mass is 420 g/mol. The predicted molar refractivity (Wildman–Crippen MR) is 101 cm³/mol. The van der Waals surface area contributed by atoms with Crippen LogP contribution in [0.25, 0.3) is 0 Å². The van der Waals surface area contributed by atoms with Crippen molar-refractivity contribution in [1.29, 1.82) is 0 Å². The zero-order valence-corrected chi connectivity index (χ0v) is 17.1. The third kappa shape index (κ3) is 11.8. The number of carbonyl (C=O) groups excluding carboxylic acids is 4. The number of morpholine rings is 1. The zero-order valence-electron chi connectivity index (χ0n) is 16.3. The van der Waals surface area contributed by atoms with Gasteiger partial charge in [0.1, 0.15) is 6.54 Å². The van der Waals surface area contributed by atoms with E-state index in [-0.39, 0.29) is 6.54 Å². The Morgan fingerprint density at radius 3 is 2.50 bits per heavy atom. The molecule has 1 heterocycles. The van der Waals surface area contributed by atoms with Gasteiger partial charge in [-0.05, 0) is 38.1 Å². The normalized spacial score (nSPS) is 15.4. The van der Waals surface area contributed by atoms with Crippen LogP contribution < -0.4 is 5.32 Å². The molecular formula is C17H28N2O8S. The highest BCUT2D eigenvalue weighted by Crippen LogP contribution is 2.13. The van der Waals surface area contributed by atoms with Crippen molar-refractivity contribution >= 4 is 34.9 Å². The van der Waals surface area contributed by atoms with Crippen molar-refractivity contribution in [3.63, 3.8) is 0 Å². The highest BCUT2D eigenvalue weighted by atomic mass is 32.2. The number of nitrogens with one attached hydrogen (secondary N) is 1. The Morgan fingerprint density at radius 1 is 1.11 bits per heavy atom. The molecule has 1 fully saturated rings. The first-order valence-corrected chi connectivity index (χ1v) is 9.96. The minimum absolute atomic E-state index is 0.268. The summed E-state index contributed by atoms with van der Waals surface area (Å²) in [5, 5.41) is 0.875. The fraction of sp³-hybridized carbons (Fsp3) is 0.765. The summed E-state index contributed by atoms with van der Waals surface area (Å²) in [4.78, 5) is 47.8. The fourth-order valence-corrected chi connectivity index (χ4v) is 2.79. The summed E-state index contributed by atoms with van der Waals surface area (Å²) in [5.74, 6) is -1.61. The number of nitrogens with zero attached hydrogens (tertiary/aromatic N) is 1. The van der Waals surface area contributed by atoms with E-state index in [0.717, 1.165) is 45.7 Å². The molecule has 0 aromatic rings. The van der Waals surface area contributed by atoms with Gasteiger partial charge in [0, 0.05) is 20.0 Å². The third-order valence-corrected chi connectivity index (χ3v) is 4.60. The van der Waals surface area contributed by atoms with E-state index in [4.69, 9.17) is 9.47 Å². The lowest BCUT2D eigenvalue weighted by molar-refractivity contribution is -0.148. The van der Waals surface area contributed by atoms with Crippen molar-refractivity contribution in [3.05, 3.63) is 0 Å². The van der Waals surface area contributed by atoms with Crippen LogP contribution in [-0.2, 0) is 33.3 Å². The largest absolute Gasteiger partial charge is 0.464 e. The molecule has 0 aromatic carbocycles. The van der Waals surface area contributed by atoms with Crippen molar-refractivity contribution in [2.45, 2.75) is 31.9 Å². The van der Waals surface area contributed by atoms with Crippen LogP contribution >= 0.6 is 11.8 Å². The van der Waals surface area contributed by atoms with E-state index < -0.39 is 35.2 Å². The molecule has 1 rings (SSSR count). The Balaban J connectivity index is 2.05. The molecule has 1 amide bonds. The summed E-state index contributed by atoms with van der Waals surface area (Å²) < 4.78 is 19.4. The number of amides is 1. The molecule has 1 saturated heterocycles. The smallest absolute Gasteiger partial charge is 0.370 e. The van der Waals surface area contributed by atoms with E-state index in [1.165, 1.54) is 13.8 Å². The molecular weight excluding hydrogens is 392 g/mol. The van der Waals surface area contributed by atoms with Crippen LogP contribution in [-0.4, -0.2) is 86.1 Å². The van der Waals surface area contributed by atoms with Crippen LogP contribution in [0.5, 0.6) is 0 Å². The Hall–Kier alpha value is -1.85. The van der Waals surface area contributed by atoms with Crippen LogP contribution in [0.1, 0.15) is 26.7 Å². The van der Waals surface area contributed by atoms with Gasteiger partial charge in [0.2, 0.25) is 12.7 Å². The lowest BCUT2D eigenvalue weighted by Crippen LogP contribution is -2.37. The summed E-state index contributed by atoms with van der Waals surface area (Å²) in [7, 11) is 0. The number of rotatable bonds is 11. The Labute approximate surface area is 168 Å².